The van der Waals surface area contributed by atoms with E-state index < -0.39 is 21.8 Å². The third kappa shape index (κ3) is 6.43. The fraction of sp³-hybridized carbons (Fsp3) is 0. The molecular weight excluding hydrogens is 438 g/mol. The number of hydrogen-bond acceptors (Lipinski definition) is 4. The lowest BCUT2D eigenvalue weighted by Gasteiger charge is -2.09. The van der Waals surface area contributed by atoms with Gasteiger partial charge in [0, 0.05) is 11.3 Å². The Morgan fingerprint density at radius 3 is 2.06 bits per heavy atom. The molecule has 0 saturated carbocycles. The van der Waals surface area contributed by atoms with Gasteiger partial charge in [0.1, 0.15) is 0 Å². The van der Waals surface area contributed by atoms with Gasteiger partial charge in [0.15, 0.2) is 0 Å². The normalized spacial score (nSPS) is 11.1. The Balaban J connectivity index is 1.58. The van der Waals surface area contributed by atoms with E-state index in [9.17, 15) is 18.0 Å². The van der Waals surface area contributed by atoms with E-state index in [1.54, 1.807) is 42.5 Å². The molecule has 0 heterocycles. The van der Waals surface area contributed by atoms with Crippen LogP contribution in [-0.4, -0.2) is 20.2 Å². The van der Waals surface area contributed by atoms with Crippen molar-refractivity contribution in [1.82, 2.24) is 10.9 Å². The van der Waals surface area contributed by atoms with E-state index in [4.69, 9.17) is 11.6 Å². The van der Waals surface area contributed by atoms with Crippen LogP contribution in [0, 0.1) is 0 Å². The van der Waals surface area contributed by atoms with Crippen LogP contribution in [0.3, 0.4) is 0 Å². The largest absolute Gasteiger partial charge is 0.280 e. The maximum atomic E-state index is 12.2. The van der Waals surface area contributed by atoms with Crippen molar-refractivity contribution in [3.05, 3.63) is 106 Å². The third-order valence-electron chi connectivity index (χ3n) is 4.05. The molecule has 3 aromatic carbocycles. The van der Waals surface area contributed by atoms with Gasteiger partial charge in [-0.3, -0.25) is 25.2 Å². The summed E-state index contributed by atoms with van der Waals surface area (Å²) in [5.41, 5.74) is 6.04. The summed E-state index contributed by atoms with van der Waals surface area (Å²) in [4.78, 5) is 24.3. The van der Waals surface area contributed by atoms with Crippen molar-refractivity contribution >= 4 is 45.2 Å². The van der Waals surface area contributed by atoms with Crippen LogP contribution >= 0.6 is 11.6 Å². The van der Waals surface area contributed by atoms with Crippen molar-refractivity contribution in [2.75, 3.05) is 4.72 Å². The van der Waals surface area contributed by atoms with E-state index >= 15 is 0 Å². The van der Waals surface area contributed by atoms with Gasteiger partial charge in [0.25, 0.3) is 21.8 Å². The molecule has 0 saturated heterocycles. The summed E-state index contributed by atoms with van der Waals surface area (Å²) < 4.78 is 26.8. The van der Waals surface area contributed by atoms with Gasteiger partial charge in [0.05, 0.1) is 16.0 Å². The van der Waals surface area contributed by atoms with Gasteiger partial charge in [-0.25, -0.2) is 8.42 Å². The number of anilines is 1. The van der Waals surface area contributed by atoms with Crippen LogP contribution in [0.25, 0.3) is 6.08 Å². The molecule has 3 aromatic rings. The third-order valence-corrected chi connectivity index (χ3v) is 5.40. The highest BCUT2D eigenvalue weighted by Gasteiger charge is 2.12. The number of halogens is 1. The minimum Gasteiger partial charge on any atom is -0.280 e. The standard InChI is InChI=1S/C22H18ClN3O4S/c23-20-9-5-4-8-19(20)22(28)25-24-21(27)17-10-12-18(13-11-17)26-31(29,30)15-14-16-6-2-1-3-7-16/h1-15,26H,(H,24,27)(H,25,28). The van der Waals surface area contributed by atoms with Crippen molar-refractivity contribution in [1.29, 1.82) is 0 Å². The maximum absolute atomic E-state index is 12.2. The van der Waals surface area contributed by atoms with Gasteiger partial charge in [-0.05, 0) is 48.0 Å². The van der Waals surface area contributed by atoms with Crippen molar-refractivity contribution in [3.8, 4) is 0 Å². The highest BCUT2D eigenvalue weighted by Crippen LogP contribution is 2.15. The zero-order valence-electron chi connectivity index (χ0n) is 16.1. The molecule has 0 bridgehead atoms. The predicted octanol–water partition coefficient (Wildman–Crippen LogP) is 3.83. The number of hydrogen-bond donors (Lipinski definition) is 3. The number of hydrazine groups is 1. The first-order valence-corrected chi connectivity index (χ1v) is 11.0. The molecule has 0 aliphatic heterocycles. The van der Waals surface area contributed by atoms with Crippen molar-refractivity contribution in [2.24, 2.45) is 0 Å². The number of sulfonamides is 1. The highest BCUT2D eigenvalue weighted by atomic mass is 35.5. The van der Waals surface area contributed by atoms with Crippen LogP contribution in [0.5, 0.6) is 0 Å². The minimum atomic E-state index is -3.72. The van der Waals surface area contributed by atoms with Crippen LogP contribution in [0.4, 0.5) is 5.69 Å². The number of rotatable bonds is 6. The number of amides is 2. The zero-order valence-corrected chi connectivity index (χ0v) is 17.7. The van der Waals surface area contributed by atoms with Crippen LogP contribution in [0.1, 0.15) is 26.3 Å². The van der Waals surface area contributed by atoms with Crippen molar-refractivity contribution in [3.63, 3.8) is 0 Å². The first-order valence-electron chi connectivity index (χ1n) is 9.05. The fourth-order valence-corrected chi connectivity index (χ4v) is 3.61. The lowest BCUT2D eigenvalue weighted by Crippen LogP contribution is -2.41. The van der Waals surface area contributed by atoms with Crippen molar-refractivity contribution < 1.29 is 18.0 Å². The maximum Gasteiger partial charge on any atom is 0.271 e. The Bertz CT molecular complexity index is 1210. The molecule has 0 radical (unpaired) electrons. The van der Waals surface area contributed by atoms with Crippen molar-refractivity contribution in [2.45, 2.75) is 0 Å². The second-order valence-corrected chi connectivity index (χ2v) is 8.30. The molecule has 0 aliphatic carbocycles. The predicted molar refractivity (Wildman–Crippen MR) is 121 cm³/mol. The molecule has 31 heavy (non-hydrogen) atoms. The summed E-state index contributed by atoms with van der Waals surface area (Å²) in [5.74, 6) is -1.13. The Labute approximate surface area is 184 Å². The number of carbonyl (C=O) groups excluding carboxylic acids is 2. The van der Waals surface area contributed by atoms with E-state index in [1.807, 2.05) is 6.07 Å². The molecule has 3 N–H and O–H groups in total. The van der Waals surface area contributed by atoms with Gasteiger partial charge < -0.3 is 0 Å². The molecule has 0 unspecified atom stereocenters. The summed E-state index contributed by atoms with van der Waals surface area (Å²) in [5, 5.41) is 1.32. The summed E-state index contributed by atoms with van der Waals surface area (Å²) in [6, 6.07) is 21.2. The first-order chi connectivity index (χ1) is 14.8. The fourth-order valence-electron chi connectivity index (χ4n) is 2.52. The number of carbonyl (C=O) groups is 2. The van der Waals surface area contributed by atoms with Gasteiger partial charge in [-0.15, -0.1) is 0 Å². The molecule has 0 atom stereocenters. The molecule has 0 spiro atoms. The Morgan fingerprint density at radius 1 is 0.774 bits per heavy atom. The summed E-state index contributed by atoms with van der Waals surface area (Å²) in [7, 11) is -3.72. The van der Waals surface area contributed by atoms with Crippen LogP contribution in [0.15, 0.2) is 84.3 Å². The van der Waals surface area contributed by atoms with Crippen LogP contribution in [0.2, 0.25) is 5.02 Å². The SMILES string of the molecule is O=C(NNC(=O)c1ccccc1Cl)c1ccc(NS(=O)(=O)C=Cc2ccccc2)cc1. The van der Waals surface area contributed by atoms with E-state index in [-0.39, 0.29) is 21.8 Å². The van der Waals surface area contributed by atoms with Gasteiger partial charge in [-0.1, -0.05) is 54.1 Å². The lowest BCUT2D eigenvalue weighted by atomic mass is 10.2. The molecule has 0 aliphatic rings. The molecule has 3 rings (SSSR count). The molecule has 158 valence electrons. The zero-order chi connectivity index (χ0) is 22.3. The Hall–Kier alpha value is -3.62. The first kappa shape index (κ1) is 22.1. The quantitative estimate of drug-likeness (QED) is 0.491. The Kier molecular flexibility index (Phi) is 7.07. The van der Waals surface area contributed by atoms with Crippen LogP contribution in [-0.2, 0) is 10.0 Å². The lowest BCUT2D eigenvalue weighted by molar-refractivity contribution is 0.0847. The van der Waals surface area contributed by atoms with E-state index in [1.165, 1.54) is 36.4 Å². The second-order valence-electron chi connectivity index (χ2n) is 6.33. The highest BCUT2D eigenvalue weighted by molar-refractivity contribution is 7.95. The van der Waals surface area contributed by atoms with E-state index in [2.05, 4.69) is 15.6 Å². The Morgan fingerprint density at radius 2 is 1.39 bits per heavy atom. The summed E-state index contributed by atoms with van der Waals surface area (Å²) >= 11 is 5.94. The average molecular weight is 456 g/mol. The number of benzene rings is 3. The van der Waals surface area contributed by atoms with E-state index in [0.29, 0.717) is 0 Å². The molecule has 0 aromatic heterocycles. The second kappa shape index (κ2) is 9.92. The molecular formula is C22H18ClN3O4S. The minimum absolute atomic E-state index is 0.220. The molecule has 7 nitrogen and oxygen atoms in total. The molecule has 0 fully saturated rings. The van der Waals surface area contributed by atoms with Gasteiger partial charge >= 0.3 is 0 Å². The smallest absolute Gasteiger partial charge is 0.271 e. The van der Waals surface area contributed by atoms with Gasteiger partial charge in [0.2, 0.25) is 0 Å². The topological polar surface area (TPSA) is 104 Å². The molecule has 9 heteroatoms. The van der Waals surface area contributed by atoms with Gasteiger partial charge in [-0.2, -0.15) is 0 Å². The van der Waals surface area contributed by atoms with E-state index in [0.717, 1.165) is 11.0 Å². The average Bonchev–Trinajstić information content (AvgIpc) is 2.77. The van der Waals surface area contributed by atoms with Crippen LogP contribution < -0.4 is 15.6 Å². The summed E-state index contributed by atoms with van der Waals surface area (Å²) in [6.07, 6.45) is 1.48. The monoisotopic (exact) mass is 455 g/mol. The molecule has 2 amide bonds. The number of nitrogens with one attached hydrogen (secondary N) is 3. The summed E-state index contributed by atoms with van der Waals surface area (Å²) in [6.45, 7) is 0.